The molecular formula is C20H25NO3. The van der Waals surface area contributed by atoms with Gasteiger partial charge in [0.15, 0.2) is 6.29 Å². The second-order valence-corrected chi connectivity index (χ2v) is 6.57. The van der Waals surface area contributed by atoms with Crippen LogP contribution in [-0.2, 0) is 14.3 Å². The van der Waals surface area contributed by atoms with Gasteiger partial charge >= 0.3 is 0 Å². The summed E-state index contributed by atoms with van der Waals surface area (Å²) in [6, 6.07) is 9.44. The van der Waals surface area contributed by atoms with Crippen LogP contribution in [0.1, 0.15) is 57.5 Å². The summed E-state index contributed by atoms with van der Waals surface area (Å²) in [6.45, 7) is 6.34. The molecule has 1 saturated heterocycles. The minimum Gasteiger partial charge on any atom is -0.348 e. The highest BCUT2D eigenvalue weighted by atomic mass is 16.7. The lowest BCUT2D eigenvalue weighted by Gasteiger charge is -2.39. The van der Waals surface area contributed by atoms with Crippen molar-refractivity contribution in [1.82, 2.24) is 0 Å². The topological polar surface area (TPSA) is 59.3 Å². The van der Waals surface area contributed by atoms with Gasteiger partial charge in [0.1, 0.15) is 5.78 Å². The Bertz CT molecular complexity index is 643. The van der Waals surface area contributed by atoms with Gasteiger partial charge in [-0.15, -0.1) is 0 Å². The number of allylic oxidation sites excluding steroid dienone is 2. The summed E-state index contributed by atoms with van der Waals surface area (Å²) in [5.41, 5.74) is 0.688. The highest BCUT2D eigenvalue weighted by Gasteiger charge is 2.40. The highest BCUT2D eigenvalue weighted by Crippen LogP contribution is 2.37. The number of hydrogen-bond acceptors (Lipinski definition) is 4. The van der Waals surface area contributed by atoms with Crippen molar-refractivity contribution in [3.8, 4) is 6.07 Å². The van der Waals surface area contributed by atoms with Gasteiger partial charge in [-0.05, 0) is 25.8 Å². The molecule has 1 aliphatic heterocycles. The number of ether oxygens (including phenoxy) is 2. The van der Waals surface area contributed by atoms with E-state index in [-0.39, 0.29) is 11.9 Å². The van der Waals surface area contributed by atoms with Crippen LogP contribution in [0.5, 0.6) is 0 Å². The van der Waals surface area contributed by atoms with Gasteiger partial charge in [-0.3, -0.25) is 4.79 Å². The summed E-state index contributed by atoms with van der Waals surface area (Å²) in [4.78, 5) is 12.6. The normalized spacial score (nSPS) is 21.6. The molecule has 0 N–H and O–H groups in total. The summed E-state index contributed by atoms with van der Waals surface area (Å²) in [7, 11) is 0. The summed E-state index contributed by atoms with van der Waals surface area (Å²) >= 11 is 0. The summed E-state index contributed by atoms with van der Waals surface area (Å²) in [6.07, 6.45) is 5.09. The van der Waals surface area contributed by atoms with Gasteiger partial charge < -0.3 is 9.47 Å². The van der Waals surface area contributed by atoms with Crippen molar-refractivity contribution >= 4 is 5.78 Å². The number of carbonyl (C=O) groups excluding carboxylic acids is 1. The quantitative estimate of drug-likeness (QED) is 0.730. The van der Waals surface area contributed by atoms with Gasteiger partial charge in [0.05, 0.1) is 24.3 Å². The lowest BCUT2D eigenvalue weighted by Crippen LogP contribution is -2.43. The van der Waals surface area contributed by atoms with E-state index in [4.69, 9.17) is 9.47 Å². The van der Waals surface area contributed by atoms with Crippen molar-refractivity contribution in [1.29, 1.82) is 5.26 Å². The number of ketones is 1. The molecule has 1 aromatic carbocycles. The van der Waals surface area contributed by atoms with E-state index < -0.39 is 11.7 Å². The fraction of sp³-hybridized carbons (Fsp3) is 0.500. The van der Waals surface area contributed by atoms with Gasteiger partial charge in [-0.1, -0.05) is 44.2 Å². The Kier molecular flexibility index (Phi) is 6.30. The van der Waals surface area contributed by atoms with E-state index in [2.05, 4.69) is 6.07 Å². The van der Waals surface area contributed by atoms with Crippen molar-refractivity contribution < 1.29 is 14.3 Å². The molecule has 0 saturated carbocycles. The Morgan fingerprint density at radius 2 is 2.17 bits per heavy atom. The molecule has 1 fully saturated rings. The van der Waals surface area contributed by atoms with Gasteiger partial charge in [0.25, 0.3) is 0 Å². The van der Waals surface area contributed by atoms with E-state index in [9.17, 15) is 10.1 Å². The lowest BCUT2D eigenvalue weighted by atomic mass is 9.78. The predicted octanol–water partition coefficient (Wildman–Crippen LogP) is 4.31. The number of Topliss-reactive ketones (excluding diaryl/α,β-unsaturated/α-hetero) is 1. The van der Waals surface area contributed by atoms with E-state index in [1.165, 1.54) is 0 Å². The molecular weight excluding hydrogens is 302 g/mol. The Labute approximate surface area is 144 Å². The van der Waals surface area contributed by atoms with Gasteiger partial charge in [-0.25, -0.2) is 0 Å². The van der Waals surface area contributed by atoms with Crippen LogP contribution in [0, 0.1) is 16.7 Å². The first-order chi connectivity index (χ1) is 11.5. The minimum atomic E-state index is -0.595. The minimum absolute atomic E-state index is 0.194. The molecule has 0 radical (unpaired) electrons. The van der Waals surface area contributed by atoms with Crippen molar-refractivity contribution in [2.24, 2.45) is 5.41 Å². The first kappa shape index (κ1) is 18.4. The number of rotatable bonds is 6. The predicted molar refractivity (Wildman–Crippen MR) is 92.2 cm³/mol. The van der Waals surface area contributed by atoms with Crippen molar-refractivity contribution in [3.63, 3.8) is 0 Å². The molecule has 2 rings (SSSR count). The third kappa shape index (κ3) is 4.11. The maximum absolute atomic E-state index is 12.6. The fourth-order valence-electron chi connectivity index (χ4n) is 2.92. The van der Waals surface area contributed by atoms with E-state index in [1.807, 2.05) is 51.1 Å². The maximum Gasteiger partial charge on any atom is 0.185 e. The molecule has 0 amide bonds. The molecule has 1 aromatic rings. The van der Waals surface area contributed by atoms with Crippen LogP contribution in [0.15, 0.2) is 36.4 Å². The largest absolute Gasteiger partial charge is 0.348 e. The van der Waals surface area contributed by atoms with Crippen LogP contribution in [-0.4, -0.2) is 18.5 Å². The maximum atomic E-state index is 12.6. The van der Waals surface area contributed by atoms with Crippen molar-refractivity contribution in [2.75, 3.05) is 6.61 Å². The lowest BCUT2D eigenvalue weighted by molar-refractivity contribution is -0.238. The number of carbonyl (C=O) groups is 1. The fourth-order valence-corrected chi connectivity index (χ4v) is 2.92. The molecule has 2 atom stereocenters. The first-order valence-electron chi connectivity index (χ1n) is 8.41. The Morgan fingerprint density at radius 3 is 2.88 bits per heavy atom. The van der Waals surface area contributed by atoms with Gasteiger partial charge in [0, 0.05) is 17.4 Å². The molecule has 4 nitrogen and oxygen atoms in total. The monoisotopic (exact) mass is 327 g/mol. The van der Waals surface area contributed by atoms with Gasteiger partial charge in [-0.2, -0.15) is 5.26 Å². The zero-order valence-corrected chi connectivity index (χ0v) is 14.6. The SMILES string of the molecule is C/C=C/CCC(=O)C(C)(C)[C@@H]1CCO[C@H](c2ccccc2C#N)O1. The molecule has 24 heavy (non-hydrogen) atoms. The Balaban J connectivity index is 2.12. The second kappa shape index (κ2) is 8.23. The van der Waals surface area contributed by atoms with Crippen LogP contribution < -0.4 is 0 Å². The van der Waals surface area contributed by atoms with Crippen LogP contribution in [0.4, 0.5) is 0 Å². The second-order valence-electron chi connectivity index (χ2n) is 6.57. The Morgan fingerprint density at radius 1 is 1.42 bits per heavy atom. The molecule has 0 spiro atoms. The van der Waals surface area contributed by atoms with Crippen LogP contribution in [0.25, 0.3) is 0 Å². The summed E-state index contributed by atoms with van der Waals surface area (Å²) in [5.74, 6) is 0.194. The number of nitriles is 1. The summed E-state index contributed by atoms with van der Waals surface area (Å²) in [5, 5.41) is 9.26. The van der Waals surface area contributed by atoms with E-state index in [0.717, 1.165) is 12.0 Å². The zero-order valence-electron chi connectivity index (χ0n) is 14.6. The molecule has 0 aromatic heterocycles. The summed E-state index contributed by atoms with van der Waals surface area (Å²) < 4.78 is 11.8. The smallest absolute Gasteiger partial charge is 0.185 e. The zero-order chi connectivity index (χ0) is 17.6. The average molecular weight is 327 g/mol. The molecule has 1 heterocycles. The van der Waals surface area contributed by atoms with Crippen LogP contribution in [0.3, 0.4) is 0 Å². The number of nitrogens with zero attached hydrogens (tertiary/aromatic N) is 1. The highest BCUT2D eigenvalue weighted by molar-refractivity contribution is 5.84. The average Bonchev–Trinajstić information content (AvgIpc) is 2.61. The van der Waals surface area contributed by atoms with Crippen LogP contribution >= 0.6 is 0 Å². The van der Waals surface area contributed by atoms with E-state index in [0.29, 0.717) is 25.0 Å². The molecule has 0 aliphatic carbocycles. The first-order valence-corrected chi connectivity index (χ1v) is 8.41. The Hall–Kier alpha value is -1.96. The standard InChI is InChI=1S/C20H25NO3/c1-4-5-6-11-17(22)20(2,3)18-12-13-23-19(24-18)16-10-8-7-9-15(16)14-21/h4-5,7-10,18-19H,6,11-13H2,1-3H3/b5-4+/t18-,19-/m0/s1. The van der Waals surface area contributed by atoms with E-state index in [1.54, 1.807) is 6.07 Å². The van der Waals surface area contributed by atoms with Crippen molar-refractivity contribution in [3.05, 3.63) is 47.5 Å². The number of hydrogen-bond donors (Lipinski definition) is 0. The van der Waals surface area contributed by atoms with Crippen LogP contribution in [0.2, 0.25) is 0 Å². The van der Waals surface area contributed by atoms with Gasteiger partial charge in [0.2, 0.25) is 0 Å². The molecule has 0 bridgehead atoms. The number of benzene rings is 1. The third-order valence-corrected chi connectivity index (χ3v) is 4.57. The van der Waals surface area contributed by atoms with Crippen molar-refractivity contribution in [2.45, 2.75) is 52.4 Å². The van der Waals surface area contributed by atoms with E-state index >= 15 is 0 Å². The molecule has 128 valence electrons. The molecule has 1 aliphatic rings. The molecule has 4 heteroatoms. The third-order valence-electron chi connectivity index (χ3n) is 4.57. The molecule has 0 unspecified atom stereocenters.